The number of carbonyl (C=O) groups excluding carboxylic acids is 2. The molecule has 1 saturated carbocycles. The van der Waals surface area contributed by atoms with Gasteiger partial charge in [-0.1, -0.05) is 36.4 Å². The van der Waals surface area contributed by atoms with E-state index in [4.69, 9.17) is 4.74 Å². The lowest BCUT2D eigenvalue weighted by Crippen LogP contribution is -2.63. The molecule has 5 heteroatoms. The predicted molar refractivity (Wildman–Crippen MR) is 86.4 cm³/mol. The number of piperidine rings is 2. The molecule has 0 radical (unpaired) electrons. The lowest BCUT2D eigenvalue weighted by molar-refractivity contribution is -0.192. The van der Waals surface area contributed by atoms with E-state index in [0.717, 1.165) is 18.4 Å². The molecule has 3 aliphatic rings. The Morgan fingerprint density at radius 2 is 2.04 bits per heavy atom. The van der Waals surface area contributed by atoms with Gasteiger partial charge in [0.15, 0.2) is 5.72 Å². The molecule has 2 bridgehead atoms. The van der Waals surface area contributed by atoms with E-state index in [0.29, 0.717) is 25.9 Å². The molecule has 2 saturated heterocycles. The Bertz CT molecular complexity index is 592. The maximum Gasteiger partial charge on any atom is 0.409 e. The number of amides is 2. The molecule has 2 aliphatic heterocycles. The van der Waals surface area contributed by atoms with E-state index in [1.54, 1.807) is 11.0 Å². The Morgan fingerprint density at radius 3 is 2.70 bits per heavy atom. The summed E-state index contributed by atoms with van der Waals surface area (Å²) in [6.07, 6.45) is 4.20. The van der Waals surface area contributed by atoms with Crippen LogP contribution in [0.4, 0.5) is 4.79 Å². The van der Waals surface area contributed by atoms with Gasteiger partial charge in [0.05, 0.1) is 0 Å². The average Bonchev–Trinajstić information content (AvgIpc) is 2.58. The normalized spacial score (nSPS) is 26.0. The summed E-state index contributed by atoms with van der Waals surface area (Å²) in [5.74, 6) is 0.158. The van der Waals surface area contributed by atoms with Gasteiger partial charge in [0, 0.05) is 31.8 Å². The number of hydrogen-bond acceptors (Lipinski definition) is 3. The second kappa shape index (κ2) is 6.44. The fraction of sp³-hybridized carbons (Fsp3) is 0.444. The summed E-state index contributed by atoms with van der Waals surface area (Å²) < 4.78 is 5.73. The molecule has 4 rings (SSSR count). The highest BCUT2D eigenvalue weighted by Gasteiger charge is 2.53. The molecular weight excluding hydrogens is 292 g/mol. The molecule has 23 heavy (non-hydrogen) atoms. The third kappa shape index (κ3) is 3.09. The number of alkyl carbamates (subject to hydrolysis) is 1. The number of hydrogen-bond donors (Lipinski definition) is 1. The Kier molecular flexibility index (Phi) is 4.37. The minimum Gasteiger partial charge on any atom is -0.423 e. The van der Waals surface area contributed by atoms with Gasteiger partial charge >= 0.3 is 6.09 Å². The molecule has 1 aromatic carbocycles. The standard InChI is InChI=1S/C18H22N2O3/c1-2-12-20-16(21)15-8-10-18(20,11-9-15)23-17(22)19-13-14-6-4-3-5-7-14/h2-7,15H,1,8-13H2,(H,19,22). The molecule has 2 amide bonds. The van der Waals surface area contributed by atoms with Crippen molar-refractivity contribution >= 4 is 12.0 Å². The van der Waals surface area contributed by atoms with Crippen molar-refractivity contribution in [2.45, 2.75) is 38.0 Å². The van der Waals surface area contributed by atoms with Crippen LogP contribution in [0.1, 0.15) is 31.2 Å². The molecule has 1 N–H and O–H groups in total. The number of ether oxygens (including phenoxy) is 1. The van der Waals surface area contributed by atoms with Gasteiger partial charge in [-0.3, -0.25) is 4.79 Å². The Hall–Kier alpha value is -2.30. The van der Waals surface area contributed by atoms with Gasteiger partial charge in [-0.25, -0.2) is 4.79 Å². The summed E-state index contributed by atoms with van der Waals surface area (Å²) in [6, 6.07) is 9.66. The Balaban J connectivity index is 1.65. The molecule has 0 atom stereocenters. The number of carbonyl (C=O) groups is 2. The zero-order chi connectivity index (χ0) is 16.3. The number of nitrogens with zero attached hydrogens (tertiary/aromatic N) is 1. The van der Waals surface area contributed by atoms with E-state index in [1.165, 1.54) is 0 Å². The molecule has 1 aromatic rings. The molecular formula is C18H22N2O3. The summed E-state index contributed by atoms with van der Waals surface area (Å²) in [4.78, 5) is 26.3. The van der Waals surface area contributed by atoms with E-state index in [-0.39, 0.29) is 11.8 Å². The highest BCUT2D eigenvalue weighted by Crippen LogP contribution is 2.44. The number of fused-ring (bicyclic) bond motifs is 3. The van der Waals surface area contributed by atoms with Crippen LogP contribution in [0.25, 0.3) is 0 Å². The first-order chi connectivity index (χ1) is 11.1. The summed E-state index contributed by atoms with van der Waals surface area (Å²) in [6.45, 7) is 4.54. The molecule has 122 valence electrons. The lowest BCUT2D eigenvalue weighted by atomic mass is 9.76. The van der Waals surface area contributed by atoms with Crippen molar-refractivity contribution in [1.29, 1.82) is 0 Å². The molecule has 3 fully saturated rings. The monoisotopic (exact) mass is 314 g/mol. The topological polar surface area (TPSA) is 58.6 Å². The summed E-state index contributed by atoms with van der Waals surface area (Å²) in [5, 5.41) is 2.78. The van der Waals surface area contributed by atoms with Crippen LogP contribution in [0.15, 0.2) is 43.0 Å². The van der Waals surface area contributed by atoms with Crippen LogP contribution < -0.4 is 5.32 Å². The van der Waals surface area contributed by atoms with Crippen molar-refractivity contribution < 1.29 is 14.3 Å². The minimum absolute atomic E-state index is 0.0767. The van der Waals surface area contributed by atoms with E-state index in [9.17, 15) is 9.59 Å². The maximum atomic E-state index is 12.4. The minimum atomic E-state index is -0.805. The third-order valence-corrected chi connectivity index (χ3v) is 4.75. The zero-order valence-corrected chi connectivity index (χ0v) is 13.2. The number of rotatable bonds is 5. The van der Waals surface area contributed by atoms with Crippen molar-refractivity contribution in [2.24, 2.45) is 5.92 Å². The van der Waals surface area contributed by atoms with Crippen molar-refractivity contribution in [3.05, 3.63) is 48.6 Å². The molecule has 5 nitrogen and oxygen atoms in total. The summed E-state index contributed by atoms with van der Waals surface area (Å²) >= 11 is 0. The van der Waals surface area contributed by atoms with Crippen molar-refractivity contribution in [3.8, 4) is 0 Å². The van der Waals surface area contributed by atoms with Crippen LogP contribution in [0.2, 0.25) is 0 Å². The highest BCUT2D eigenvalue weighted by atomic mass is 16.6. The molecule has 0 aromatic heterocycles. The quantitative estimate of drug-likeness (QED) is 0.850. The van der Waals surface area contributed by atoms with Gasteiger partial charge in [-0.05, 0) is 18.4 Å². The SMILES string of the molecule is C=CCN1C(=O)C2CCC1(OC(=O)NCc1ccccc1)CC2. The third-order valence-electron chi connectivity index (χ3n) is 4.75. The zero-order valence-electron chi connectivity index (χ0n) is 13.2. The Morgan fingerprint density at radius 1 is 1.35 bits per heavy atom. The number of benzene rings is 1. The van der Waals surface area contributed by atoms with E-state index in [1.807, 2.05) is 30.3 Å². The van der Waals surface area contributed by atoms with Gasteiger partial charge in [0.25, 0.3) is 0 Å². The van der Waals surface area contributed by atoms with E-state index < -0.39 is 11.8 Å². The summed E-state index contributed by atoms with van der Waals surface area (Å²) in [5.41, 5.74) is 0.203. The van der Waals surface area contributed by atoms with E-state index in [2.05, 4.69) is 11.9 Å². The predicted octanol–water partition coefficient (Wildman–Crippen LogP) is 2.83. The molecule has 0 spiro atoms. The smallest absolute Gasteiger partial charge is 0.409 e. The van der Waals surface area contributed by atoms with Crippen molar-refractivity contribution in [3.63, 3.8) is 0 Å². The highest BCUT2D eigenvalue weighted by molar-refractivity contribution is 5.82. The second-order valence-electron chi connectivity index (χ2n) is 6.19. The van der Waals surface area contributed by atoms with Gasteiger partial charge < -0.3 is 15.0 Å². The second-order valence-corrected chi connectivity index (χ2v) is 6.19. The van der Waals surface area contributed by atoms with Gasteiger partial charge in [0.1, 0.15) is 0 Å². The fourth-order valence-electron chi connectivity index (χ4n) is 3.53. The van der Waals surface area contributed by atoms with Crippen LogP contribution in [-0.2, 0) is 16.1 Å². The van der Waals surface area contributed by atoms with Crippen LogP contribution in [0.5, 0.6) is 0 Å². The van der Waals surface area contributed by atoms with Crippen molar-refractivity contribution in [1.82, 2.24) is 10.2 Å². The van der Waals surface area contributed by atoms with Crippen LogP contribution >= 0.6 is 0 Å². The Labute approximate surface area is 136 Å². The lowest BCUT2D eigenvalue weighted by Gasteiger charge is -2.52. The van der Waals surface area contributed by atoms with Gasteiger partial charge in [-0.15, -0.1) is 6.58 Å². The molecule has 2 heterocycles. The van der Waals surface area contributed by atoms with Gasteiger partial charge in [0.2, 0.25) is 5.91 Å². The van der Waals surface area contributed by atoms with Crippen LogP contribution in [0, 0.1) is 5.92 Å². The molecule has 1 aliphatic carbocycles. The average molecular weight is 314 g/mol. The van der Waals surface area contributed by atoms with Gasteiger partial charge in [-0.2, -0.15) is 0 Å². The summed E-state index contributed by atoms with van der Waals surface area (Å²) in [7, 11) is 0. The first-order valence-electron chi connectivity index (χ1n) is 8.08. The first kappa shape index (κ1) is 15.6. The molecule has 0 unspecified atom stereocenters. The van der Waals surface area contributed by atoms with Crippen LogP contribution in [0.3, 0.4) is 0 Å². The number of nitrogens with one attached hydrogen (secondary N) is 1. The van der Waals surface area contributed by atoms with Crippen LogP contribution in [-0.4, -0.2) is 29.2 Å². The maximum absolute atomic E-state index is 12.4. The fourth-order valence-corrected chi connectivity index (χ4v) is 3.53. The van der Waals surface area contributed by atoms with Crippen molar-refractivity contribution in [2.75, 3.05) is 6.54 Å². The van der Waals surface area contributed by atoms with E-state index >= 15 is 0 Å². The largest absolute Gasteiger partial charge is 0.423 e. The first-order valence-corrected chi connectivity index (χ1v) is 8.08.